The Hall–Kier alpha value is -1.84. The minimum absolute atomic E-state index is 0.0359. The molecule has 0 unspecified atom stereocenters. The summed E-state index contributed by atoms with van der Waals surface area (Å²) in [5.74, 6) is -0.0624. The largest absolute Gasteiger partial charge is 0.444 e. The van der Waals surface area contributed by atoms with Gasteiger partial charge in [0.1, 0.15) is 11.6 Å². The molecule has 0 fully saturated rings. The number of ether oxygens (including phenoxy) is 2. The van der Waals surface area contributed by atoms with Gasteiger partial charge in [0, 0.05) is 6.61 Å². The van der Waals surface area contributed by atoms with Crippen LogP contribution in [0.2, 0.25) is 0 Å². The maximum atomic E-state index is 12.5. The molecule has 8 nitrogen and oxygen atoms in total. The fourth-order valence-electron chi connectivity index (χ4n) is 1.54. The van der Waals surface area contributed by atoms with E-state index < -0.39 is 24.3 Å². The highest BCUT2D eigenvalue weighted by Crippen LogP contribution is 2.13. The quantitative estimate of drug-likeness (QED) is 0.734. The van der Waals surface area contributed by atoms with Gasteiger partial charge in [-0.05, 0) is 32.4 Å². The maximum Gasteiger partial charge on any atom is 0.408 e. The molecular formula is C13H23F2N5O3. The Morgan fingerprint density at radius 2 is 2.09 bits per heavy atom. The highest BCUT2D eigenvalue weighted by molar-refractivity contribution is 5.68. The third-order valence-corrected chi connectivity index (χ3v) is 2.55. The van der Waals surface area contributed by atoms with Crippen LogP contribution < -0.4 is 5.32 Å². The number of carbonyl (C=O) groups is 1. The van der Waals surface area contributed by atoms with Crippen LogP contribution in [0.5, 0.6) is 0 Å². The van der Waals surface area contributed by atoms with Crippen molar-refractivity contribution in [1.82, 2.24) is 25.5 Å². The Labute approximate surface area is 133 Å². The summed E-state index contributed by atoms with van der Waals surface area (Å²) in [5, 5.41) is 12.8. The van der Waals surface area contributed by atoms with Crippen LogP contribution in [0.15, 0.2) is 0 Å². The molecule has 132 valence electrons. The molecule has 1 heterocycles. The molecule has 1 atom stereocenters. The zero-order chi connectivity index (χ0) is 17.5. The van der Waals surface area contributed by atoms with Gasteiger partial charge >= 0.3 is 12.6 Å². The van der Waals surface area contributed by atoms with Gasteiger partial charge in [-0.15, -0.1) is 10.2 Å². The monoisotopic (exact) mass is 335 g/mol. The minimum atomic E-state index is -2.90. The van der Waals surface area contributed by atoms with E-state index >= 15 is 0 Å². The number of rotatable bonds is 8. The fourth-order valence-corrected chi connectivity index (χ4v) is 1.54. The van der Waals surface area contributed by atoms with Crippen molar-refractivity contribution < 1.29 is 23.0 Å². The van der Waals surface area contributed by atoms with Gasteiger partial charge < -0.3 is 14.8 Å². The number of nitrogens with one attached hydrogen (secondary N) is 1. The van der Waals surface area contributed by atoms with Crippen LogP contribution in [0.25, 0.3) is 0 Å². The van der Waals surface area contributed by atoms with Crippen LogP contribution in [0.1, 0.15) is 59.0 Å². The van der Waals surface area contributed by atoms with Crippen LogP contribution >= 0.6 is 0 Å². The van der Waals surface area contributed by atoms with Crippen molar-refractivity contribution in [2.24, 2.45) is 0 Å². The molecule has 0 spiro atoms. The second kappa shape index (κ2) is 8.70. The molecule has 1 aromatic rings. The average molecular weight is 335 g/mol. The lowest BCUT2D eigenvalue weighted by Gasteiger charge is -2.22. The average Bonchev–Trinajstić information content (AvgIpc) is 2.90. The molecule has 1 aromatic heterocycles. The number of alkyl carbamates (subject to hydrolysis) is 1. The number of alkyl halides is 2. The molecule has 0 aliphatic carbocycles. The van der Waals surface area contributed by atoms with Crippen molar-refractivity contribution in [3.8, 4) is 0 Å². The maximum absolute atomic E-state index is 12.5. The summed E-state index contributed by atoms with van der Waals surface area (Å²) in [6, 6.07) is -0.825. The summed E-state index contributed by atoms with van der Waals surface area (Å²) in [4.78, 5) is 12.0. The lowest BCUT2D eigenvalue weighted by atomic mass is 10.2. The van der Waals surface area contributed by atoms with E-state index in [1.165, 1.54) is 0 Å². The van der Waals surface area contributed by atoms with Crippen molar-refractivity contribution in [3.63, 3.8) is 0 Å². The highest BCUT2D eigenvalue weighted by atomic mass is 19.3. The molecule has 0 radical (unpaired) electrons. The van der Waals surface area contributed by atoms with Gasteiger partial charge in [-0.1, -0.05) is 18.1 Å². The van der Waals surface area contributed by atoms with Crippen molar-refractivity contribution in [2.45, 2.75) is 58.7 Å². The lowest BCUT2D eigenvalue weighted by molar-refractivity contribution is 0.0378. The van der Waals surface area contributed by atoms with Crippen molar-refractivity contribution in [1.29, 1.82) is 0 Å². The molecule has 1 rings (SSSR count). The van der Waals surface area contributed by atoms with Crippen molar-refractivity contribution in [2.75, 3.05) is 13.2 Å². The number of carbonyl (C=O) groups excluding carboxylic acids is 1. The van der Waals surface area contributed by atoms with Gasteiger partial charge in [-0.3, -0.25) is 0 Å². The predicted molar refractivity (Wildman–Crippen MR) is 76.9 cm³/mol. The van der Waals surface area contributed by atoms with Crippen LogP contribution in [-0.2, 0) is 9.47 Å². The Bertz CT molecular complexity index is 490. The summed E-state index contributed by atoms with van der Waals surface area (Å²) in [6.45, 7) is 4.76. The Balaban J connectivity index is 2.73. The standard InChI is InChI=1S/C13H23F2N5O3/c1-5-6-7-22-8-9(16-12(21)23-13(2,3)4)10-17-19-20(18-10)11(14)15/h9,11H,5-8H2,1-4H3,(H,16,21)/t9-/m0/s1. The van der Waals surface area contributed by atoms with E-state index in [0.717, 1.165) is 12.8 Å². The summed E-state index contributed by atoms with van der Waals surface area (Å²) in [7, 11) is 0. The van der Waals surface area contributed by atoms with Crippen molar-refractivity contribution in [3.05, 3.63) is 5.82 Å². The van der Waals surface area contributed by atoms with Gasteiger partial charge in [0.25, 0.3) is 0 Å². The van der Waals surface area contributed by atoms with E-state index in [9.17, 15) is 13.6 Å². The number of nitrogens with zero attached hydrogens (tertiary/aromatic N) is 4. The Morgan fingerprint density at radius 3 is 2.61 bits per heavy atom. The summed E-state index contributed by atoms with van der Waals surface area (Å²) >= 11 is 0. The van der Waals surface area contributed by atoms with E-state index in [1.54, 1.807) is 20.8 Å². The number of aromatic nitrogens is 4. The van der Waals surface area contributed by atoms with Gasteiger partial charge in [0.15, 0.2) is 5.82 Å². The molecule has 0 saturated carbocycles. The first-order valence-electron chi connectivity index (χ1n) is 7.37. The molecule has 1 amide bonds. The van der Waals surface area contributed by atoms with Gasteiger partial charge in [-0.25, -0.2) is 4.79 Å². The first-order valence-corrected chi connectivity index (χ1v) is 7.37. The van der Waals surface area contributed by atoms with Crippen LogP contribution in [-0.4, -0.2) is 45.1 Å². The summed E-state index contributed by atoms with van der Waals surface area (Å²) in [6.07, 6.45) is 1.08. The lowest BCUT2D eigenvalue weighted by Crippen LogP contribution is -2.37. The predicted octanol–water partition coefficient (Wildman–Crippen LogP) is 2.45. The van der Waals surface area contributed by atoms with E-state index in [4.69, 9.17) is 9.47 Å². The normalized spacial score (nSPS) is 13.2. The molecule has 0 bridgehead atoms. The van der Waals surface area contributed by atoms with E-state index in [1.807, 2.05) is 6.92 Å². The molecular weight excluding hydrogens is 312 g/mol. The third kappa shape index (κ3) is 7.31. The molecule has 0 aliphatic rings. The van der Waals surface area contributed by atoms with Crippen LogP contribution in [0, 0.1) is 0 Å². The van der Waals surface area contributed by atoms with E-state index in [0.29, 0.717) is 6.61 Å². The Kier molecular flexibility index (Phi) is 7.27. The fraction of sp³-hybridized carbons (Fsp3) is 0.846. The zero-order valence-electron chi connectivity index (χ0n) is 13.8. The minimum Gasteiger partial charge on any atom is -0.444 e. The Morgan fingerprint density at radius 1 is 1.39 bits per heavy atom. The molecule has 0 saturated heterocycles. The topological polar surface area (TPSA) is 91.2 Å². The number of tetrazole rings is 1. The van der Waals surface area contributed by atoms with Gasteiger partial charge in [-0.2, -0.15) is 8.78 Å². The molecule has 10 heteroatoms. The van der Waals surface area contributed by atoms with Crippen molar-refractivity contribution >= 4 is 6.09 Å². The number of halogens is 2. The first-order chi connectivity index (χ1) is 10.7. The molecule has 0 aromatic carbocycles. The van der Waals surface area contributed by atoms with Crippen LogP contribution in [0.3, 0.4) is 0 Å². The number of unbranched alkanes of at least 4 members (excludes halogenated alkanes) is 1. The second-order valence-corrected chi connectivity index (χ2v) is 5.87. The summed E-state index contributed by atoms with van der Waals surface area (Å²) < 4.78 is 35.6. The smallest absolute Gasteiger partial charge is 0.408 e. The molecule has 23 heavy (non-hydrogen) atoms. The third-order valence-electron chi connectivity index (χ3n) is 2.55. The first kappa shape index (κ1) is 19.2. The number of hydrogen-bond donors (Lipinski definition) is 1. The van der Waals surface area contributed by atoms with Crippen LogP contribution in [0.4, 0.5) is 13.6 Å². The highest BCUT2D eigenvalue weighted by Gasteiger charge is 2.25. The SMILES string of the molecule is CCCCOC[C@H](NC(=O)OC(C)(C)C)c1nnn(C(F)F)n1. The number of amides is 1. The van der Waals surface area contributed by atoms with Gasteiger partial charge in [0.05, 0.1) is 6.61 Å². The van der Waals surface area contributed by atoms with Gasteiger partial charge in [0.2, 0.25) is 0 Å². The number of hydrogen-bond acceptors (Lipinski definition) is 6. The molecule has 0 aliphatic heterocycles. The molecule has 1 N–H and O–H groups in total. The summed E-state index contributed by atoms with van der Waals surface area (Å²) in [5.41, 5.74) is -0.689. The zero-order valence-corrected chi connectivity index (χ0v) is 13.8. The van der Waals surface area contributed by atoms with E-state index in [-0.39, 0.29) is 17.2 Å². The second-order valence-electron chi connectivity index (χ2n) is 5.87. The van der Waals surface area contributed by atoms with E-state index in [2.05, 4.69) is 20.7 Å².